The van der Waals surface area contributed by atoms with Crippen molar-refractivity contribution in [3.63, 3.8) is 0 Å². The first-order valence-corrected chi connectivity index (χ1v) is 13.5. The molecule has 2 aliphatic heterocycles. The molecule has 1 saturated heterocycles. The maximum absolute atomic E-state index is 13.4. The second-order valence-corrected chi connectivity index (χ2v) is 10.5. The smallest absolute Gasteiger partial charge is 0.237 e. The number of fused-ring (bicyclic) bond motifs is 1. The molecule has 0 spiro atoms. The van der Waals surface area contributed by atoms with Crippen LogP contribution in [0.1, 0.15) is 30.0 Å². The van der Waals surface area contributed by atoms with E-state index in [0.717, 1.165) is 48.6 Å². The van der Waals surface area contributed by atoms with Crippen molar-refractivity contribution in [3.8, 4) is 11.5 Å². The van der Waals surface area contributed by atoms with Crippen LogP contribution in [-0.2, 0) is 17.8 Å². The minimum absolute atomic E-state index is 0.0635. The van der Waals surface area contributed by atoms with Gasteiger partial charge in [0.05, 0.1) is 6.04 Å². The zero-order chi connectivity index (χ0) is 26.3. The standard InChI is InChI=1S/C31H34ClN3O3/c1-22(14-23-6-3-2-4-7-23)18-34-27-17-28(35(20-27)19-25-8-5-9-26(32)15-25)31(36)33-13-12-24-10-11-29-30(16-24)38-21-37-29/h2-11,14-16,27-28,34H,12-13,17-21H2,1H3,(H,33,36)/t27-,28+/m1/s1. The van der Waals surface area contributed by atoms with E-state index in [1.807, 2.05) is 54.6 Å². The summed E-state index contributed by atoms with van der Waals surface area (Å²) in [5, 5.41) is 7.56. The van der Waals surface area contributed by atoms with Crippen molar-refractivity contribution >= 4 is 23.6 Å². The average Bonchev–Trinajstić information content (AvgIpc) is 3.55. The molecule has 0 saturated carbocycles. The van der Waals surface area contributed by atoms with Gasteiger partial charge < -0.3 is 20.1 Å². The quantitative estimate of drug-likeness (QED) is 0.383. The Morgan fingerprint density at radius 2 is 1.87 bits per heavy atom. The largest absolute Gasteiger partial charge is 0.454 e. The van der Waals surface area contributed by atoms with Crippen LogP contribution in [0, 0.1) is 0 Å². The summed E-state index contributed by atoms with van der Waals surface area (Å²) in [6.45, 7) is 5.22. The van der Waals surface area contributed by atoms with E-state index in [-0.39, 0.29) is 24.8 Å². The minimum atomic E-state index is -0.207. The van der Waals surface area contributed by atoms with Crippen molar-refractivity contribution < 1.29 is 14.3 Å². The molecule has 0 bridgehead atoms. The number of carbonyl (C=O) groups excluding carboxylic acids is 1. The third-order valence-electron chi connectivity index (χ3n) is 7.01. The van der Waals surface area contributed by atoms with Gasteiger partial charge in [-0.1, -0.05) is 71.8 Å². The highest BCUT2D eigenvalue weighted by Crippen LogP contribution is 2.32. The van der Waals surface area contributed by atoms with Crippen LogP contribution in [0.25, 0.3) is 6.08 Å². The number of hydrogen-bond donors (Lipinski definition) is 2. The number of halogens is 1. The van der Waals surface area contributed by atoms with Crippen LogP contribution in [0.5, 0.6) is 11.5 Å². The maximum atomic E-state index is 13.4. The first-order valence-electron chi connectivity index (χ1n) is 13.1. The fourth-order valence-corrected chi connectivity index (χ4v) is 5.32. The first-order chi connectivity index (χ1) is 18.5. The van der Waals surface area contributed by atoms with Crippen molar-refractivity contribution in [2.45, 2.75) is 38.4 Å². The Labute approximate surface area is 229 Å². The van der Waals surface area contributed by atoms with Crippen molar-refractivity contribution in [1.82, 2.24) is 15.5 Å². The Morgan fingerprint density at radius 3 is 2.71 bits per heavy atom. The van der Waals surface area contributed by atoms with Crippen molar-refractivity contribution in [2.24, 2.45) is 0 Å². The predicted molar refractivity (Wildman–Crippen MR) is 151 cm³/mol. The Bertz CT molecular complexity index is 1280. The van der Waals surface area contributed by atoms with Gasteiger partial charge in [0.15, 0.2) is 11.5 Å². The molecular formula is C31H34ClN3O3. The van der Waals surface area contributed by atoms with E-state index < -0.39 is 0 Å². The maximum Gasteiger partial charge on any atom is 0.237 e. The fraction of sp³-hybridized carbons (Fsp3) is 0.323. The monoisotopic (exact) mass is 531 g/mol. The average molecular weight is 532 g/mol. The summed E-state index contributed by atoms with van der Waals surface area (Å²) in [6, 6.07) is 24.2. The number of amides is 1. The molecule has 2 atom stereocenters. The Morgan fingerprint density at radius 1 is 1.03 bits per heavy atom. The zero-order valence-corrected chi connectivity index (χ0v) is 22.4. The zero-order valence-electron chi connectivity index (χ0n) is 21.7. The van der Waals surface area contributed by atoms with E-state index in [4.69, 9.17) is 21.1 Å². The number of ether oxygens (including phenoxy) is 2. The fourth-order valence-electron chi connectivity index (χ4n) is 5.10. The summed E-state index contributed by atoms with van der Waals surface area (Å²) in [4.78, 5) is 15.6. The third kappa shape index (κ3) is 6.95. The molecule has 0 unspecified atom stereocenters. The number of nitrogens with zero attached hydrogens (tertiary/aromatic N) is 1. The molecule has 1 amide bonds. The van der Waals surface area contributed by atoms with Gasteiger partial charge in [0.25, 0.3) is 0 Å². The molecule has 3 aromatic rings. The molecule has 198 valence electrons. The van der Waals surface area contributed by atoms with E-state index in [1.165, 1.54) is 11.1 Å². The minimum Gasteiger partial charge on any atom is -0.454 e. The summed E-state index contributed by atoms with van der Waals surface area (Å²) < 4.78 is 10.9. The highest BCUT2D eigenvalue weighted by Gasteiger charge is 2.36. The van der Waals surface area contributed by atoms with Crippen molar-refractivity contribution in [3.05, 3.63) is 100 Å². The van der Waals surface area contributed by atoms with Gasteiger partial charge in [0.2, 0.25) is 12.7 Å². The number of rotatable bonds is 10. The second kappa shape index (κ2) is 12.5. The van der Waals surface area contributed by atoms with Crippen LogP contribution in [0.2, 0.25) is 5.02 Å². The molecule has 7 heteroatoms. The molecule has 38 heavy (non-hydrogen) atoms. The highest BCUT2D eigenvalue weighted by molar-refractivity contribution is 6.30. The van der Waals surface area contributed by atoms with Gasteiger partial charge in [-0.2, -0.15) is 0 Å². The molecule has 2 N–H and O–H groups in total. The normalized spacial score (nSPS) is 19.1. The van der Waals surface area contributed by atoms with E-state index in [9.17, 15) is 4.79 Å². The summed E-state index contributed by atoms with van der Waals surface area (Å²) in [6.07, 6.45) is 3.69. The molecule has 0 aliphatic carbocycles. The third-order valence-corrected chi connectivity index (χ3v) is 7.25. The summed E-state index contributed by atoms with van der Waals surface area (Å²) >= 11 is 6.24. The van der Waals surface area contributed by atoms with Crippen LogP contribution in [0.4, 0.5) is 0 Å². The van der Waals surface area contributed by atoms with Crippen molar-refractivity contribution in [2.75, 3.05) is 26.4 Å². The van der Waals surface area contributed by atoms with Crippen molar-refractivity contribution in [1.29, 1.82) is 0 Å². The number of nitrogens with one attached hydrogen (secondary N) is 2. The van der Waals surface area contributed by atoms with Gasteiger partial charge >= 0.3 is 0 Å². The number of hydrogen-bond acceptors (Lipinski definition) is 5. The summed E-state index contributed by atoms with van der Waals surface area (Å²) in [7, 11) is 0. The van der Waals surface area contributed by atoms with E-state index >= 15 is 0 Å². The van der Waals surface area contributed by atoms with Crippen LogP contribution in [0.3, 0.4) is 0 Å². The molecular weight excluding hydrogens is 498 g/mol. The van der Waals surface area contributed by atoms with Crippen LogP contribution in [0.15, 0.2) is 78.4 Å². The molecule has 0 radical (unpaired) electrons. The van der Waals surface area contributed by atoms with Gasteiger partial charge in [-0.3, -0.25) is 9.69 Å². The topological polar surface area (TPSA) is 62.8 Å². The second-order valence-electron chi connectivity index (χ2n) is 10.0. The molecule has 0 aromatic heterocycles. The number of benzene rings is 3. The van der Waals surface area contributed by atoms with E-state index in [2.05, 4.69) is 46.7 Å². The van der Waals surface area contributed by atoms with Gasteiger partial charge in [0, 0.05) is 37.2 Å². The Hall–Kier alpha value is -3.32. The predicted octanol–water partition coefficient (Wildman–Crippen LogP) is 5.06. The van der Waals surface area contributed by atoms with Gasteiger partial charge in [0.1, 0.15) is 0 Å². The van der Waals surface area contributed by atoms with Crippen LogP contribution < -0.4 is 20.1 Å². The number of likely N-dealkylation sites (tertiary alicyclic amines) is 1. The highest BCUT2D eigenvalue weighted by atomic mass is 35.5. The molecule has 2 aliphatic rings. The summed E-state index contributed by atoms with van der Waals surface area (Å²) in [5.74, 6) is 1.60. The van der Waals surface area contributed by atoms with Gasteiger partial charge in [-0.15, -0.1) is 0 Å². The lowest BCUT2D eigenvalue weighted by Gasteiger charge is -2.23. The lowest BCUT2D eigenvalue weighted by atomic mass is 10.1. The number of carbonyl (C=O) groups is 1. The van der Waals surface area contributed by atoms with Crippen LogP contribution in [-0.4, -0.2) is 49.3 Å². The molecule has 1 fully saturated rings. The Kier molecular flexibility index (Phi) is 8.64. The van der Waals surface area contributed by atoms with E-state index in [0.29, 0.717) is 18.1 Å². The van der Waals surface area contributed by atoms with Gasteiger partial charge in [-0.25, -0.2) is 0 Å². The lowest BCUT2D eigenvalue weighted by Crippen LogP contribution is -2.43. The molecule has 6 nitrogen and oxygen atoms in total. The Balaban J connectivity index is 1.19. The molecule has 5 rings (SSSR count). The van der Waals surface area contributed by atoms with Gasteiger partial charge in [-0.05, 0) is 60.7 Å². The van der Waals surface area contributed by atoms with E-state index in [1.54, 1.807) is 0 Å². The lowest BCUT2D eigenvalue weighted by molar-refractivity contribution is -0.125. The van der Waals surface area contributed by atoms with Crippen LogP contribution >= 0.6 is 11.6 Å². The summed E-state index contributed by atoms with van der Waals surface area (Å²) in [5.41, 5.74) is 4.67. The SMILES string of the molecule is CC(=Cc1ccccc1)CN[C@@H]1C[C@@H](C(=O)NCCc2ccc3c(c2)OCO3)N(Cc2cccc(Cl)c2)C1. The molecule has 3 aromatic carbocycles. The molecule has 2 heterocycles. The first kappa shape index (κ1) is 26.3.